The van der Waals surface area contributed by atoms with Gasteiger partial charge < -0.3 is 4.74 Å². The molecule has 2 rings (SSSR count). The molecule has 22 heavy (non-hydrogen) atoms. The molecule has 1 nitrogen and oxygen atoms in total. The molecule has 0 aromatic rings. The van der Waals surface area contributed by atoms with Crippen molar-refractivity contribution < 1.29 is 13.5 Å². The number of fused-ring (bicyclic) bond motifs is 1. The van der Waals surface area contributed by atoms with E-state index in [0.29, 0.717) is 18.3 Å². The van der Waals surface area contributed by atoms with E-state index in [-0.39, 0.29) is 5.92 Å². The maximum Gasteiger partial charge on any atom is 0.157 e. The second-order valence-electron chi connectivity index (χ2n) is 7.83. The van der Waals surface area contributed by atoms with Gasteiger partial charge in [0.05, 0.1) is 6.10 Å². The molecule has 3 heteroatoms. The molecule has 7 unspecified atom stereocenters. The summed E-state index contributed by atoms with van der Waals surface area (Å²) in [5.41, 5.74) is 0. The first-order valence-corrected chi connectivity index (χ1v) is 9.37. The van der Waals surface area contributed by atoms with Crippen molar-refractivity contribution in [1.29, 1.82) is 0 Å². The number of alkyl halides is 2. The van der Waals surface area contributed by atoms with Gasteiger partial charge in [0.2, 0.25) is 0 Å². The van der Waals surface area contributed by atoms with E-state index in [1.165, 1.54) is 45.6 Å². The minimum Gasteiger partial charge on any atom is -0.378 e. The van der Waals surface area contributed by atoms with E-state index in [2.05, 4.69) is 13.8 Å². The zero-order valence-electron chi connectivity index (χ0n) is 14.6. The number of methoxy groups -OCH3 is 1. The molecule has 7 atom stereocenters. The number of hydrogen-bond acceptors (Lipinski definition) is 1. The van der Waals surface area contributed by atoms with Gasteiger partial charge in [0, 0.05) is 7.11 Å². The van der Waals surface area contributed by atoms with Crippen LogP contribution in [0.5, 0.6) is 0 Å². The molecule has 0 spiro atoms. The van der Waals surface area contributed by atoms with Gasteiger partial charge in [-0.25, -0.2) is 8.78 Å². The van der Waals surface area contributed by atoms with Gasteiger partial charge >= 0.3 is 0 Å². The summed E-state index contributed by atoms with van der Waals surface area (Å²) < 4.78 is 33.7. The number of halogens is 2. The molecule has 0 saturated heterocycles. The second kappa shape index (κ2) is 8.61. The first-order chi connectivity index (χ1) is 10.6. The molecule has 0 aromatic carbocycles. The Morgan fingerprint density at radius 2 is 1.86 bits per heavy atom. The summed E-state index contributed by atoms with van der Waals surface area (Å²) in [6, 6.07) is 0. The van der Waals surface area contributed by atoms with E-state index in [0.717, 1.165) is 18.8 Å². The van der Waals surface area contributed by atoms with Crippen molar-refractivity contribution in [2.45, 2.75) is 90.1 Å². The number of rotatable bonds is 7. The largest absolute Gasteiger partial charge is 0.378 e. The van der Waals surface area contributed by atoms with E-state index in [1.807, 2.05) is 0 Å². The quantitative estimate of drug-likeness (QED) is 0.583. The van der Waals surface area contributed by atoms with Crippen LogP contribution in [-0.4, -0.2) is 25.6 Å². The molecule has 130 valence electrons. The van der Waals surface area contributed by atoms with Crippen LogP contribution in [0, 0.1) is 23.7 Å². The molecule has 0 heterocycles. The third-order valence-electron chi connectivity index (χ3n) is 6.15. The van der Waals surface area contributed by atoms with Crippen molar-refractivity contribution in [2.75, 3.05) is 7.11 Å². The van der Waals surface area contributed by atoms with Crippen LogP contribution in [0.15, 0.2) is 0 Å². The Morgan fingerprint density at radius 1 is 1.09 bits per heavy atom. The van der Waals surface area contributed by atoms with Gasteiger partial charge in [-0.05, 0) is 42.9 Å². The molecule has 0 amide bonds. The zero-order chi connectivity index (χ0) is 16.1. The maximum atomic E-state index is 14.4. The summed E-state index contributed by atoms with van der Waals surface area (Å²) >= 11 is 0. The molecule has 0 aromatic heterocycles. The van der Waals surface area contributed by atoms with Gasteiger partial charge in [-0.15, -0.1) is 0 Å². The highest BCUT2D eigenvalue weighted by Gasteiger charge is 2.47. The Balaban J connectivity index is 1.78. The van der Waals surface area contributed by atoms with Crippen LogP contribution in [0.2, 0.25) is 0 Å². The third-order valence-corrected chi connectivity index (χ3v) is 6.15. The van der Waals surface area contributed by atoms with Crippen LogP contribution in [-0.2, 0) is 4.74 Å². The molecule has 0 aliphatic heterocycles. The highest BCUT2D eigenvalue weighted by Crippen LogP contribution is 2.46. The molecule has 2 aliphatic carbocycles. The van der Waals surface area contributed by atoms with E-state index in [9.17, 15) is 8.78 Å². The summed E-state index contributed by atoms with van der Waals surface area (Å²) in [6.45, 7) is 4.57. The average Bonchev–Trinajstić information content (AvgIpc) is 2.51. The summed E-state index contributed by atoms with van der Waals surface area (Å²) in [6.07, 6.45) is 6.91. The minimum atomic E-state index is -1.42. The molecule has 2 aliphatic rings. The van der Waals surface area contributed by atoms with E-state index < -0.39 is 18.4 Å². The standard InChI is InChI=1S/C19H34F2O/c1-4-6-13(2)7-5-8-14-9-10-15-12-17(22-3)19(21)18(20)16(15)11-14/h13-19H,4-12H2,1-3H3. The Labute approximate surface area is 135 Å². The summed E-state index contributed by atoms with van der Waals surface area (Å²) in [5, 5.41) is 0. The first-order valence-electron chi connectivity index (χ1n) is 9.37. The highest BCUT2D eigenvalue weighted by molar-refractivity contribution is 4.96. The molecular weight excluding hydrogens is 282 g/mol. The predicted molar refractivity (Wildman–Crippen MR) is 87.5 cm³/mol. The smallest absolute Gasteiger partial charge is 0.157 e. The fourth-order valence-electron chi connectivity index (χ4n) is 4.79. The van der Waals surface area contributed by atoms with Crippen LogP contribution >= 0.6 is 0 Å². The number of hydrogen-bond donors (Lipinski definition) is 0. The summed E-state index contributed by atoms with van der Waals surface area (Å²) in [7, 11) is 1.51. The number of ether oxygens (including phenoxy) is 1. The molecule has 0 radical (unpaired) electrons. The summed E-state index contributed by atoms with van der Waals surface area (Å²) in [4.78, 5) is 0. The molecule has 2 fully saturated rings. The molecule has 0 N–H and O–H groups in total. The van der Waals surface area contributed by atoms with E-state index in [4.69, 9.17) is 4.74 Å². The Hall–Kier alpha value is -0.180. The van der Waals surface area contributed by atoms with Gasteiger partial charge in [-0.3, -0.25) is 0 Å². The van der Waals surface area contributed by atoms with Gasteiger partial charge in [0.1, 0.15) is 6.17 Å². The van der Waals surface area contributed by atoms with Crippen molar-refractivity contribution in [1.82, 2.24) is 0 Å². The third kappa shape index (κ3) is 4.43. The minimum absolute atomic E-state index is 0.0618. The van der Waals surface area contributed by atoms with Crippen LogP contribution in [0.1, 0.15) is 71.6 Å². The van der Waals surface area contributed by atoms with Crippen LogP contribution < -0.4 is 0 Å². The lowest BCUT2D eigenvalue weighted by molar-refractivity contribution is -0.0956. The fourth-order valence-corrected chi connectivity index (χ4v) is 4.79. The Bertz CT molecular complexity index is 321. The SMILES string of the molecule is CCCC(C)CCCC1CCC2CC(OC)C(F)C(F)C2C1. The first kappa shape index (κ1) is 18.2. The molecule has 2 saturated carbocycles. The predicted octanol–water partition coefficient (Wildman–Crippen LogP) is 5.72. The highest BCUT2D eigenvalue weighted by atomic mass is 19.2. The average molecular weight is 316 g/mol. The van der Waals surface area contributed by atoms with Gasteiger partial charge in [0.25, 0.3) is 0 Å². The molecular formula is C19H34F2O. The monoisotopic (exact) mass is 316 g/mol. The lowest BCUT2D eigenvalue weighted by Gasteiger charge is -2.45. The fraction of sp³-hybridized carbons (Fsp3) is 1.00. The van der Waals surface area contributed by atoms with Crippen molar-refractivity contribution in [2.24, 2.45) is 23.7 Å². The summed E-state index contributed by atoms with van der Waals surface area (Å²) in [5.74, 6) is 1.69. The van der Waals surface area contributed by atoms with Gasteiger partial charge in [-0.1, -0.05) is 52.4 Å². The van der Waals surface area contributed by atoms with Crippen molar-refractivity contribution >= 4 is 0 Å². The zero-order valence-corrected chi connectivity index (χ0v) is 14.6. The van der Waals surface area contributed by atoms with E-state index >= 15 is 0 Å². The van der Waals surface area contributed by atoms with Crippen LogP contribution in [0.4, 0.5) is 8.78 Å². The van der Waals surface area contributed by atoms with Gasteiger partial charge in [0.15, 0.2) is 6.17 Å². The second-order valence-corrected chi connectivity index (χ2v) is 7.83. The molecule has 0 bridgehead atoms. The normalized spacial score (nSPS) is 40.2. The van der Waals surface area contributed by atoms with E-state index in [1.54, 1.807) is 0 Å². The van der Waals surface area contributed by atoms with Crippen LogP contribution in [0.3, 0.4) is 0 Å². The topological polar surface area (TPSA) is 9.23 Å². The Morgan fingerprint density at radius 3 is 2.55 bits per heavy atom. The lowest BCUT2D eigenvalue weighted by atomic mass is 9.64. The maximum absolute atomic E-state index is 14.4. The van der Waals surface area contributed by atoms with Gasteiger partial charge in [-0.2, -0.15) is 0 Å². The van der Waals surface area contributed by atoms with Crippen LogP contribution in [0.25, 0.3) is 0 Å². The lowest BCUT2D eigenvalue weighted by Crippen LogP contribution is -2.49. The van der Waals surface area contributed by atoms with Crippen molar-refractivity contribution in [3.8, 4) is 0 Å². The van der Waals surface area contributed by atoms with Crippen molar-refractivity contribution in [3.05, 3.63) is 0 Å². The van der Waals surface area contributed by atoms with Crippen molar-refractivity contribution in [3.63, 3.8) is 0 Å². The Kier molecular flexibility index (Phi) is 7.11.